The summed E-state index contributed by atoms with van der Waals surface area (Å²) in [5.74, 6) is -0.325. The molecule has 0 spiro atoms. The molecule has 0 aliphatic carbocycles. The van der Waals surface area contributed by atoms with Gasteiger partial charge in [-0.2, -0.15) is 0 Å². The third-order valence-corrected chi connectivity index (χ3v) is 3.91. The van der Waals surface area contributed by atoms with E-state index in [4.69, 9.17) is 11.6 Å². The first kappa shape index (κ1) is 16.7. The molecule has 3 rings (SSSR count). The molecule has 0 aliphatic heterocycles. The molecule has 6 heteroatoms. The number of nitrogens with zero attached hydrogens (tertiary/aromatic N) is 1. The second-order valence-corrected chi connectivity index (χ2v) is 5.78. The topological polar surface area (TPSA) is 72.2 Å². The van der Waals surface area contributed by atoms with Crippen molar-refractivity contribution in [2.45, 2.75) is 0 Å². The number of carbonyl (C=O) groups excluding carboxylic acids is 1. The molecule has 1 amide bonds. The van der Waals surface area contributed by atoms with E-state index in [1.165, 1.54) is 24.3 Å². The van der Waals surface area contributed by atoms with Gasteiger partial charge in [-0.3, -0.25) is 14.9 Å². The molecule has 0 aliphatic rings. The van der Waals surface area contributed by atoms with Gasteiger partial charge < -0.3 is 5.32 Å². The molecule has 25 heavy (non-hydrogen) atoms. The van der Waals surface area contributed by atoms with E-state index in [1.807, 2.05) is 36.4 Å². The number of amides is 1. The smallest absolute Gasteiger partial charge is 0.269 e. The number of rotatable bonds is 4. The van der Waals surface area contributed by atoms with Gasteiger partial charge in [-0.25, -0.2) is 0 Å². The van der Waals surface area contributed by atoms with E-state index in [9.17, 15) is 14.9 Å². The fraction of sp³-hybridized carbons (Fsp3) is 0. The summed E-state index contributed by atoms with van der Waals surface area (Å²) in [7, 11) is 0. The van der Waals surface area contributed by atoms with Gasteiger partial charge >= 0.3 is 0 Å². The van der Waals surface area contributed by atoms with Gasteiger partial charge in [0.25, 0.3) is 11.6 Å². The van der Waals surface area contributed by atoms with Crippen molar-refractivity contribution in [1.82, 2.24) is 0 Å². The summed E-state index contributed by atoms with van der Waals surface area (Å²) < 4.78 is 0. The monoisotopic (exact) mass is 352 g/mol. The molecule has 1 N–H and O–H groups in total. The third kappa shape index (κ3) is 4.02. The highest BCUT2D eigenvalue weighted by molar-refractivity contribution is 6.30. The van der Waals surface area contributed by atoms with Crippen molar-refractivity contribution in [3.63, 3.8) is 0 Å². The van der Waals surface area contributed by atoms with Crippen molar-refractivity contribution in [2.75, 3.05) is 5.32 Å². The molecule has 0 atom stereocenters. The van der Waals surface area contributed by atoms with Crippen molar-refractivity contribution in [3.05, 3.63) is 93.5 Å². The summed E-state index contributed by atoms with van der Waals surface area (Å²) in [6, 6.07) is 20.3. The van der Waals surface area contributed by atoms with Crippen LogP contribution in [0.4, 0.5) is 11.4 Å². The summed E-state index contributed by atoms with van der Waals surface area (Å²) >= 11 is 5.88. The van der Waals surface area contributed by atoms with Crippen LogP contribution in [0.2, 0.25) is 5.02 Å². The maximum atomic E-state index is 12.2. The minimum absolute atomic E-state index is 0.0520. The van der Waals surface area contributed by atoms with Crippen LogP contribution < -0.4 is 5.32 Å². The lowest BCUT2D eigenvalue weighted by Gasteiger charge is -2.07. The fourth-order valence-corrected chi connectivity index (χ4v) is 2.45. The number of anilines is 1. The van der Waals surface area contributed by atoms with Crippen LogP contribution in [0.1, 0.15) is 10.4 Å². The molecule has 0 saturated carbocycles. The van der Waals surface area contributed by atoms with Gasteiger partial charge in [0, 0.05) is 28.4 Å². The van der Waals surface area contributed by atoms with E-state index in [0.717, 1.165) is 11.1 Å². The minimum atomic E-state index is -0.503. The number of carbonyl (C=O) groups is 1. The van der Waals surface area contributed by atoms with E-state index in [0.29, 0.717) is 16.3 Å². The first-order valence-corrected chi connectivity index (χ1v) is 7.82. The predicted molar refractivity (Wildman–Crippen MR) is 97.9 cm³/mol. The Kier molecular flexibility index (Phi) is 4.77. The molecule has 5 nitrogen and oxygen atoms in total. The SMILES string of the molecule is O=C(Nc1ccc(-c2ccc(Cl)cc2)cc1)c1ccc([N+](=O)[O-])cc1. The lowest BCUT2D eigenvalue weighted by molar-refractivity contribution is -0.384. The molecule has 0 radical (unpaired) electrons. The number of halogens is 1. The molecular weight excluding hydrogens is 340 g/mol. The van der Waals surface area contributed by atoms with Gasteiger partial charge in [-0.15, -0.1) is 0 Å². The Morgan fingerprint density at radius 2 is 1.36 bits per heavy atom. The van der Waals surface area contributed by atoms with Crippen LogP contribution in [0.25, 0.3) is 11.1 Å². The number of benzene rings is 3. The molecule has 124 valence electrons. The zero-order valence-electron chi connectivity index (χ0n) is 13.0. The molecule has 0 bridgehead atoms. The van der Waals surface area contributed by atoms with Gasteiger partial charge in [0.2, 0.25) is 0 Å². The normalized spacial score (nSPS) is 10.3. The summed E-state index contributed by atoms with van der Waals surface area (Å²) in [6.45, 7) is 0. The van der Waals surface area contributed by atoms with Crippen molar-refractivity contribution in [3.8, 4) is 11.1 Å². The van der Waals surface area contributed by atoms with Gasteiger partial charge in [0.1, 0.15) is 0 Å². The lowest BCUT2D eigenvalue weighted by Crippen LogP contribution is -2.11. The highest BCUT2D eigenvalue weighted by Gasteiger charge is 2.09. The molecule has 0 fully saturated rings. The van der Waals surface area contributed by atoms with Gasteiger partial charge in [-0.05, 0) is 47.5 Å². The predicted octanol–water partition coefficient (Wildman–Crippen LogP) is 5.17. The van der Waals surface area contributed by atoms with Crippen molar-refractivity contribution >= 4 is 28.9 Å². The average Bonchev–Trinajstić information content (AvgIpc) is 2.63. The minimum Gasteiger partial charge on any atom is -0.322 e. The first-order chi connectivity index (χ1) is 12.0. The fourth-order valence-electron chi connectivity index (χ4n) is 2.33. The molecule has 0 saturated heterocycles. The molecule has 0 unspecified atom stereocenters. The van der Waals surface area contributed by atoms with E-state index in [1.54, 1.807) is 12.1 Å². The molecule has 0 heterocycles. The average molecular weight is 353 g/mol. The van der Waals surface area contributed by atoms with Gasteiger partial charge in [0.15, 0.2) is 0 Å². The van der Waals surface area contributed by atoms with Crippen LogP contribution >= 0.6 is 11.6 Å². The van der Waals surface area contributed by atoms with Crippen LogP contribution in [0.5, 0.6) is 0 Å². The molecule has 3 aromatic carbocycles. The quantitative estimate of drug-likeness (QED) is 0.520. The van der Waals surface area contributed by atoms with Crippen molar-refractivity contribution < 1.29 is 9.72 Å². The Balaban J connectivity index is 1.71. The first-order valence-electron chi connectivity index (χ1n) is 7.45. The van der Waals surface area contributed by atoms with Crippen molar-refractivity contribution in [1.29, 1.82) is 0 Å². The Hall–Kier alpha value is -3.18. The number of nitro groups is 1. The van der Waals surface area contributed by atoms with Crippen LogP contribution in [-0.2, 0) is 0 Å². The number of nitro benzene ring substituents is 1. The van der Waals surface area contributed by atoms with Crippen LogP contribution in [0.3, 0.4) is 0 Å². The summed E-state index contributed by atoms with van der Waals surface area (Å²) in [5.41, 5.74) is 2.97. The lowest BCUT2D eigenvalue weighted by atomic mass is 10.1. The summed E-state index contributed by atoms with van der Waals surface area (Å²) in [6.07, 6.45) is 0. The van der Waals surface area contributed by atoms with E-state index < -0.39 is 4.92 Å². The largest absolute Gasteiger partial charge is 0.322 e. The molecular formula is C19H13ClN2O3. The number of nitrogens with one attached hydrogen (secondary N) is 1. The van der Waals surface area contributed by atoms with E-state index >= 15 is 0 Å². The summed E-state index contributed by atoms with van der Waals surface area (Å²) in [4.78, 5) is 22.3. The van der Waals surface area contributed by atoms with Crippen LogP contribution in [0.15, 0.2) is 72.8 Å². The second-order valence-electron chi connectivity index (χ2n) is 5.34. The zero-order valence-corrected chi connectivity index (χ0v) is 13.7. The van der Waals surface area contributed by atoms with E-state index in [-0.39, 0.29) is 11.6 Å². The Morgan fingerprint density at radius 3 is 1.88 bits per heavy atom. The van der Waals surface area contributed by atoms with Crippen LogP contribution in [-0.4, -0.2) is 10.8 Å². The van der Waals surface area contributed by atoms with Crippen LogP contribution in [0, 0.1) is 10.1 Å². The highest BCUT2D eigenvalue weighted by Crippen LogP contribution is 2.23. The van der Waals surface area contributed by atoms with Gasteiger partial charge in [0.05, 0.1) is 4.92 Å². The second kappa shape index (κ2) is 7.15. The Bertz CT molecular complexity index is 905. The Labute approximate surface area is 149 Å². The zero-order chi connectivity index (χ0) is 17.8. The van der Waals surface area contributed by atoms with Crippen molar-refractivity contribution in [2.24, 2.45) is 0 Å². The maximum Gasteiger partial charge on any atom is 0.269 e. The summed E-state index contributed by atoms with van der Waals surface area (Å²) in [5, 5.41) is 14.1. The molecule has 3 aromatic rings. The number of hydrogen-bond donors (Lipinski definition) is 1. The number of hydrogen-bond acceptors (Lipinski definition) is 3. The number of non-ortho nitro benzene ring substituents is 1. The van der Waals surface area contributed by atoms with Gasteiger partial charge in [-0.1, -0.05) is 35.9 Å². The van der Waals surface area contributed by atoms with E-state index in [2.05, 4.69) is 5.32 Å². The molecule has 0 aromatic heterocycles. The highest BCUT2D eigenvalue weighted by atomic mass is 35.5. The standard InChI is InChI=1S/C19H13ClN2O3/c20-16-7-1-13(2-8-16)14-3-9-17(10-4-14)21-19(23)15-5-11-18(12-6-15)22(24)25/h1-12H,(H,21,23). The third-order valence-electron chi connectivity index (χ3n) is 3.66. The Morgan fingerprint density at radius 1 is 0.840 bits per heavy atom. The maximum absolute atomic E-state index is 12.2.